The third kappa shape index (κ3) is 3.60. The Morgan fingerprint density at radius 1 is 1.19 bits per heavy atom. The van der Waals surface area contributed by atoms with Gasteiger partial charge in [0.25, 0.3) is 0 Å². The number of aromatic nitrogens is 2. The van der Waals surface area contributed by atoms with Gasteiger partial charge in [-0.1, -0.05) is 48.0 Å². The molecule has 4 rings (SSSR count). The van der Waals surface area contributed by atoms with E-state index in [4.69, 9.17) is 0 Å². The number of carbonyl (C=O) groups is 2. The second kappa shape index (κ2) is 7.07. The Balaban J connectivity index is 1.46. The van der Waals surface area contributed by atoms with Gasteiger partial charge in [-0.15, -0.1) is 0 Å². The predicted octanol–water partition coefficient (Wildman–Crippen LogP) is 3.46. The highest BCUT2D eigenvalue weighted by molar-refractivity contribution is 6.00. The van der Waals surface area contributed by atoms with Gasteiger partial charge < -0.3 is 10.6 Å². The summed E-state index contributed by atoms with van der Waals surface area (Å²) in [6.07, 6.45) is 1.86. The van der Waals surface area contributed by atoms with Gasteiger partial charge in [0.2, 0.25) is 11.8 Å². The van der Waals surface area contributed by atoms with Crippen LogP contribution < -0.4 is 10.6 Å². The summed E-state index contributed by atoms with van der Waals surface area (Å²) in [5.41, 5.74) is 3.73. The molecule has 6 heteroatoms. The summed E-state index contributed by atoms with van der Waals surface area (Å²) in [6.45, 7) is 2.37. The Labute approximate surface area is 157 Å². The molecule has 0 radical (unpaired) electrons. The van der Waals surface area contributed by atoms with E-state index in [0.717, 1.165) is 22.4 Å². The van der Waals surface area contributed by atoms with Crippen LogP contribution in [0.15, 0.2) is 60.8 Å². The Bertz CT molecular complexity index is 977. The first-order valence-corrected chi connectivity index (χ1v) is 8.89. The van der Waals surface area contributed by atoms with E-state index < -0.39 is 5.92 Å². The van der Waals surface area contributed by atoms with Crippen molar-refractivity contribution in [3.05, 3.63) is 66.4 Å². The monoisotopic (exact) mass is 360 g/mol. The van der Waals surface area contributed by atoms with Crippen molar-refractivity contribution < 1.29 is 9.59 Å². The molecular formula is C21H20N4O2. The van der Waals surface area contributed by atoms with E-state index in [1.54, 1.807) is 10.9 Å². The topological polar surface area (TPSA) is 76.0 Å². The van der Waals surface area contributed by atoms with E-state index in [1.165, 1.54) is 0 Å². The van der Waals surface area contributed by atoms with E-state index in [9.17, 15) is 9.59 Å². The van der Waals surface area contributed by atoms with Gasteiger partial charge in [0.05, 0.1) is 18.7 Å². The molecule has 2 aromatic carbocycles. The van der Waals surface area contributed by atoms with Crippen molar-refractivity contribution in [2.75, 3.05) is 10.6 Å². The molecule has 1 aliphatic heterocycles. The number of hydrogen-bond acceptors (Lipinski definition) is 3. The zero-order valence-electron chi connectivity index (χ0n) is 15.0. The first kappa shape index (κ1) is 17.0. The Morgan fingerprint density at radius 3 is 2.67 bits per heavy atom. The van der Waals surface area contributed by atoms with Crippen LogP contribution >= 0.6 is 0 Å². The lowest BCUT2D eigenvalue weighted by Gasteiger charge is -2.24. The van der Waals surface area contributed by atoms with Crippen molar-refractivity contribution in [3.8, 4) is 11.1 Å². The fourth-order valence-corrected chi connectivity index (χ4v) is 3.22. The number of amides is 2. The lowest BCUT2D eigenvalue weighted by Crippen LogP contribution is -2.36. The number of anilines is 2. The van der Waals surface area contributed by atoms with Crippen molar-refractivity contribution in [1.82, 2.24) is 9.78 Å². The summed E-state index contributed by atoms with van der Waals surface area (Å²) in [6, 6.07) is 17.4. The van der Waals surface area contributed by atoms with Crippen LogP contribution in [-0.2, 0) is 16.1 Å². The Morgan fingerprint density at radius 2 is 1.93 bits per heavy atom. The van der Waals surface area contributed by atoms with E-state index in [-0.39, 0.29) is 18.2 Å². The Hall–Kier alpha value is -3.41. The molecule has 1 aromatic heterocycles. The molecule has 3 aromatic rings. The highest BCUT2D eigenvalue weighted by atomic mass is 16.2. The van der Waals surface area contributed by atoms with Gasteiger partial charge in [-0.05, 0) is 24.6 Å². The van der Waals surface area contributed by atoms with Gasteiger partial charge >= 0.3 is 0 Å². The number of aryl methyl sites for hydroxylation is 1. The van der Waals surface area contributed by atoms with Crippen molar-refractivity contribution in [2.24, 2.45) is 5.92 Å². The first-order valence-electron chi connectivity index (χ1n) is 8.89. The molecule has 2 heterocycles. The van der Waals surface area contributed by atoms with Crippen LogP contribution in [0, 0.1) is 12.8 Å². The molecule has 136 valence electrons. The maximum absolute atomic E-state index is 12.5. The van der Waals surface area contributed by atoms with E-state index >= 15 is 0 Å². The average Bonchev–Trinajstić information content (AvgIpc) is 3.07. The minimum atomic E-state index is -0.452. The summed E-state index contributed by atoms with van der Waals surface area (Å²) >= 11 is 0. The number of nitrogens with one attached hydrogen (secondary N) is 2. The van der Waals surface area contributed by atoms with Gasteiger partial charge in [-0.25, -0.2) is 4.68 Å². The van der Waals surface area contributed by atoms with Crippen molar-refractivity contribution >= 4 is 23.3 Å². The molecule has 0 fully saturated rings. The number of nitrogens with zero attached hydrogens (tertiary/aromatic N) is 2. The third-order valence-corrected chi connectivity index (χ3v) is 4.70. The summed E-state index contributed by atoms with van der Waals surface area (Å²) in [5, 5.41) is 10.1. The number of benzene rings is 2. The maximum atomic E-state index is 12.5. The lowest BCUT2D eigenvalue weighted by molar-refractivity contribution is -0.125. The second-order valence-electron chi connectivity index (χ2n) is 6.76. The van der Waals surface area contributed by atoms with E-state index in [0.29, 0.717) is 12.4 Å². The van der Waals surface area contributed by atoms with E-state index in [2.05, 4.69) is 15.7 Å². The average molecular weight is 360 g/mol. The molecule has 27 heavy (non-hydrogen) atoms. The molecule has 0 spiro atoms. The SMILES string of the molecule is Cc1ccc(NC(=O)CC2Cn3ncc(-c4ccccc4)c3NC2=O)cc1. The number of rotatable bonds is 4. The molecule has 0 aliphatic carbocycles. The first-order chi connectivity index (χ1) is 13.1. The molecule has 6 nitrogen and oxygen atoms in total. The minimum absolute atomic E-state index is 0.111. The van der Waals surface area contributed by atoms with Crippen LogP contribution in [0.3, 0.4) is 0 Å². The molecule has 0 bridgehead atoms. The normalized spacial score (nSPS) is 15.7. The summed E-state index contributed by atoms with van der Waals surface area (Å²) < 4.78 is 1.76. The molecule has 0 saturated heterocycles. The lowest BCUT2D eigenvalue weighted by atomic mass is 10.0. The summed E-state index contributed by atoms with van der Waals surface area (Å²) in [5.74, 6) is -0.106. The van der Waals surface area contributed by atoms with Crippen LogP contribution in [0.4, 0.5) is 11.5 Å². The van der Waals surface area contributed by atoms with Crippen LogP contribution in [0.1, 0.15) is 12.0 Å². The highest BCUT2D eigenvalue weighted by Gasteiger charge is 2.30. The largest absolute Gasteiger partial charge is 0.326 e. The summed E-state index contributed by atoms with van der Waals surface area (Å²) in [4.78, 5) is 24.9. The van der Waals surface area contributed by atoms with Crippen LogP contribution in [0.5, 0.6) is 0 Å². The van der Waals surface area contributed by atoms with Crippen LogP contribution in [0.2, 0.25) is 0 Å². The second-order valence-corrected chi connectivity index (χ2v) is 6.76. The molecule has 2 N–H and O–H groups in total. The third-order valence-electron chi connectivity index (χ3n) is 4.70. The number of hydrogen-bond donors (Lipinski definition) is 2. The molecule has 0 saturated carbocycles. The summed E-state index contributed by atoms with van der Waals surface area (Å²) in [7, 11) is 0. The fraction of sp³-hybridized carbons (Fsp3) is 0.190. The predicted molar refractivity (Wildman–Crippen MR) is 104 cm³/mol. The quantitative estimate of drug-likeness (QED) is 0.748. The van der Waals surface area contributed by atoms with Gasteiger partial charge in [-0.2, -0.15) is 5.10 Å². The van der Waals surface area contributed by atoms with Crippen LogP contribution in [-0.4, -0.2) is 21.6 Å². The molecule has 1 atom stereocenters. The maximum Gasteiger partial charge on any atom is 0.231 e. The smallest absolute Gasteiger partial charge is 0.231 e. The molecular weight excluding hydrogens is 340 g/mol. The molecule has 2 amide bonds. The molecule has 1 aliphatic rings. The molecule has 1 unspecified atom stereocenters. The minimum Gasteiger partial charge on any atom is -0.326 e. The van der Waals surface area contributed by atoms with E-state index in [1.807, 2.05) is 61.5 Å². The van der Waals surface area contributed by atoms with Gasteiger partial charge in [-0.3, -0.25) is 9.59 Å². The van der Waals surface area contributed by atoms with Crippen LogP contribution in [0.25, 0.3) is 11.1 Å². The highest BCUT2D eigenvalue weighted by Crippen LogP contribution is 2.31. The zero-order chi connectivity index (χ0) is 18.8. The van der Waals surface area contributed by atoms with Crippen molar-refractivity contribution in [2.45, 2.75) is 19.9 Å². The number of carbonyl (C=O) groups excluding carboxylic acids is 2. The van der Waals surface area contributed by atoms with Crippen molar-refractivity contribution in [3.63, 3.8) is 0 Å². The van der Waals surface area contributed by atoms with Gasteiger partial charge in [0.1, 0.15) is 5.82 Å². The van der Waals surface area contributed by atoms with Gasteiger partial charge in [0, 0.05) is 17.7 Å². The van der Waals surface area contributed by atoms with Gasteiger partial charge in [0.15, 0.2) is 0 Å². The number of fused-ring (bicyclic) bond motifs is 1. The zero-order valence-corrected chi connectivity index (χ0v) is 15.0. The standard InChI is InChI=1S/C21H20N4O2/c1-14-7-9-17(10-8-14)23-19(26)11-16-13-25-20(24-21(16)27)18(12-22-25)15-5-3-2-4-6-15/h2-10,12,16H,11,13H2,1H3,(H,23,26)(H,24,27). The Kier molecular flexibility index (Phi) is 4.46. The van der Waals surface area contributed by atoms with Crippen molar-refractivity contribution in [1.29, 1.82) is 0 Å². The fourth-order valence-electron chi connectivity index (χ4n) is 3.22.